The monoisotopic (exact) mass is 639 g/mol. The molecule has 0 aliphatic rings. The quantitative estimate of drug-likeness (QED) is 0.0549. The van der Waals surface area contributed by atoms with E-state index in [-0.39, 0.29) is 38.5 Å². The molecule has 1 N–H and O–H groups in total. The maximum Gasteiger partial charge on any atom is 0.344 e. The molecule has 0 aromatic heterocycles. The summed E-state index contributed by atoms with van der Waals surface area (Å²) in [6.45, 7) is 0. The second-order valence-electron chi connectivity index (χ2n) is 8.12. The van der Waals surface area contributed by atoms with Gasteiger partial charge < -0.3 is 14.8 Å². The van der Waals surface area contributed by atoms with Crippen molar-refractivity contribution in [1.29, 1.82) is 5.26 Å². The number of non-ortho nitro benzene ring substituents is 1. The average Bonchev–Trinajstić information content (AvgIpc) is 2.94. The lowest BCUT2D eigenvalue weighted by molar-refractivity contribution is -0.384. The van der Waals surface area contributed by atoms with Gasteiger partial charge in [-0.1, -0.05) is 59.6 Å². The number of nitro benzene ring substituents is 1. The fraction of sp³-hybridized carbons (Fsp3) is 0.0357. The molecule has 0 saturated heterocycles. The average molecular weight is 641 g/mol. The molecule has 0 fully saturated rings. The van der Waals surface area contributed by atoms with Gasteiger partial charge >= 0.3 is 5.97 Å². The molecule has 0 radical (unpaired) electrons. The number of hydrogen-bond donors (Lipinski definition) is 1. The number of esters is 1. The Hall–Kier alpha value is -4.43. The van der Waals surface area contributed by atoms with Crippen LogP contribution in [0.15, 0.2) is 76.8 Å². The van der Waals surface area contributed by atoms with E-state index >= 15 is 0 Å². The molecule has 0 unspecified atom stereocenters. The minimum absolute atomic E-state index is 0.0884. The molecule has 4 rings (SSSR count). The number of amides is 1. The molecule has 0 heterocycles. The summed E-state index contributed by atoms with van der Waals surface area (Å²) in [5.41, 5.74) is -0.0546. The Kier molecular flexibility index (Phi) is 8.70. The molecule has 1 amide bonds. The second kappa shape index (κ2) is 12.2. The predicted molar refractivity (Wildman–Crippen MR) is 155 cm³/mol. The number of benzene rings is 4. The van der Waals surface area contributed by atoms with Crippen LogP contribution in [0.4, 0.5) is 11.4 Å². The molecular weight excluding hydrogens is 625 g/mol. The van der Waals surface area contributed by atoms with Crippen molar-refractivity contribution in [3.8, 4) is 17.6 Å². The van der Waals surface area contributed by atoms with E-state index in [2.05, 4.69) is 21.2 Å². The maximum atomic E-state index is 13.1. The number of fused-ring (bicyclic) bond motifs is 1. The van der Waals surface area contributed by atoms with E-state index in [0.717, 1.165) is 22.9 Å². The zero-order valence-electron chi connectivity index (χ0n) is 20.4. The summed E-state index contributed by atoms with van der Waals surface area (Å²) >= 11 is 15.5. The number of nitriles is 1. The number of nitro groups is 1. The fourth-order valence-corrected chi connectivity index (χ4v) is 4.86. The van der Waals surface area contributed by atoms with Crippen molar-refractivity contribution in [3.05, 3.63) is 108 Å². The Balaban J connectivity index is 1.62. The molecule has 4 aromatic rings. The number of nitrogens with one attached hydrogen (secondary N) is 1. The molecule has 0 bridgehead atoms. The fourth-order valence-electron chi connectivity index (χ4n) is 3.75. The maximum absolute atomic E-state index is 13.1. The Morgan fingerprint density at radius 3 is 2.40 bits per heavy atom. The van der Waals surface area contributed by atoms with Gasteiger partial charge in [0.15, 0.2) is 11.5 Å². The molecular formula is C28H16BrCl2N3O6. The van der Waals surface area contributed by atoms with Crippen LogP contribution >= 0.6 is 39.1 Å². The summed E-state index contributed by atoms with van der Waals surface area (Å²) in [6, 6.07) is 19.5. The first kappa shape index (κ1) is 28.6. The number of ether oxygens (including phenoxy) is 2. The summed E-state index contributed by atoms with van der Waals surface area (Å²) in [4.78, 5) is 36.2. The Bertz CT molecular complexity index is 1740. The van der Waals surface area contributed by atoms with Crippen molar-refractivity contribution in [3.63, 3.8) is 0 Å². The van der Waals surface area contributed by atoms with E-state index in [9.17, 15) is 25.0 Å². The first-order chi connectivity index (χ1) is 19.1. The van der Waals surface area contributed by atoms with Crippen molar-refractivity contribution in [2.24, 2.45) is 0 Å². The predicted octanol–water partition coefficient (Wildman–Crippen LogP) is 7.59. The van der Waals surface area contributed by atoms with E-state index in [0.29, 0.717) is 15.6 Å². The van der Waals surface area contributed by atoms with Gasteiger partial charge in [0.2, 0.25) is 0 Å². The number of hydrogen-bond acceptors (Lipinski definition) is 7. The molecule has 0 aliphatic heterocycles. The Morgan fingerprint density at radius 1 is 1.07 bits per heavy atom. The van der Waals surface area contributed by atoms with Crippen LogP contribution in [0.1, 0.15) is 15.9 Å². The first-order valence-corrected chi connectivity index (χ1v) is 12.8. The van der Waals surface area contributed by atoms with E-state index in [1.807, 2.05) is 30.3 Å². The summed E-state index contributed by atoms with van der Waals surface area (Å²) in [5.74, 6) is -1.20. The molecule has 12 heteroatoms. The lowest BCUT2D eigenvalue weighted by atomic mass is 10.0. The Morgan fingerprint density at radius 2 is 1.75 bits per heavy atom. The Labute approximate surface area is 245 Å². The molecule has 0 aliphatic carbocycles. The lowest BCUT2D eigenvalue weighted by Crippen LogP contribution is -2.14. The molecule has 40 heavy (non-hydrogen) atoms. The third-order valence-electron chi connectivity index (χ3n) is 5.61. The van der Waals surface area contributed by atoms with E-state index in [1.165, 1.54) is 25.3 Å². The smallest absolute Gasteiger partial charge is 0.344 e. The van der Waals surface area contributed by atoms with E-state index in [4.69, 9.17) is 32.7 Å². The number of carbonyl (C=O) groups is 2. The van der Waals surface area contributed by atoms with Crippen LogP contribution in [0.2, 0.25) is 10.0 Å². The number of halogens is 3. The lowest BCUT2D eigenvalue weighted by Gasteiger charge is -2.13. The van der Waals surface area contributed by atoms with Crippen molar-refractivity contribution >= 4 is 79.2 Å². The van der Waals surface area contributed by atoms with Crippen LogP contribution in [-0.2, 0) is 4.79 Å². The van der Waals surface area contributed by atoms with Gasteiger partial charge in [-0.15, -0.1) is 0 Å². The number of methoxy groups -OCH3 is 1. The highest BCUT2D eigenvalue weighted by Crippen LogP contribution is 2.39. The van der Waals surface area contributed by atoms with Gasteiger partial charge in [-0.25, -0.2) is 4.79 Å². The van der Waals surface area contributed by atoms with Crippen LogP contribution in [0.5, 0.6) is 11.5 Å². The SMILES string of the molecule is COc1cc(/C=C(\C#N)C(=O)Nc2c(Cl)cc([N+](=O)[O-])cc2Cl)cc(Br)c1OC(=O)c1cccc2ccccc12. The summed E-state index contributed by atoms with van der Waals surface area (Å²) < 4.78 is 11.4. The van der Waals surface area contributed by atoms with Gasteiger partial charge in [0, 0.05) is 12.1 Å². The largest absolute Gasteiger partial charge is 0.493 e. The van der Waals surface area contributed by atoms with Gasteiger partial charge in [-0.05, 0) is 56.5 Å². The highest BCUT2D eigenvalue weighted by Gasteiger charge is 2.21. The highest BCUT2D eigenvalue weighted by molar-refractivity contribution is 9.10. The summed E-state index contributed by atoms with van der Waals surface area (Å²) in [6.07, 6.45) is 1.27. The van der Waals surface area contributed by atoms with Crippen molar-refractivity contribution in [2.75, 3.05) is 12.4 Å². The van der Waals surface area contributed by atoms with Crippen LogP contribution in [0, 0.1) is 21.4 Å². The minimum Gasteiger partial charge on any atom is -0.493 e. The zero-order valence-corrected chi connectivity index (χ0v) is 23.5. The molecule has 200 valence electrons. The topological polar surface area (TPSA) is 132 Å². The molecule has 9 nitrogen and oxygen atoms in total. The summed E-state index contributed by atoms with van der Waals surface area (Å²) in [5, 5.41) is 24.3. The molecule has 0 atom stereocenters. The standard InChI is InChI=1S/C28H16BrCl2N3O6/c1-39-24-11-15(9-17(14-32)27(35)33-25-22(30)12-18(34(37)38)13-23(25)31)10-21(29)26(24)40-28(36)20-8-4-6-16-5-2-3-7-19(16)20/h2-13H,1H3,(H,33,35)/b17-9+. The third-order valence-corrected chi connectivity index (χ3v) is 6.79. The van der Waals surface area contributed by atoms with E-state index < -0.39 is 16.8 Å². The van der Waals surface area contributed by atoms with Gasteiger partial charge in [0.05, 0.1) is 37.8 Å². The summed E-state index contributed by atoms with van der Waals surface area (Å²) in [7, 11) is 1.38. The van der Waals surface area contributed by atoms with Gasteiger partial charge in [-0.3, -0.25) is 14.9 Å². The normalized spacial score (nSPS) is 11.0. The third kappa shape index (κ3) is 6.07. The molecule has 0 spiro atoms. The number of carbonyl (C=O) groups excluding carboxylic acids is 2. The molecule has 4 aromatic carbocycles. The van der Waals surface area contributed by atoms with Crippen molar-refractivity contribution < 1.29 is 24.0 Å². The van der Waals surface area contributed by atoms with Crippen molar-refractivity contribution in [2.45, 2.75) is 0 Å². The van der Waals surface area contributed by atoms with Gasteiger partial charge in [0.1, 0.15) is 11.6 Å². The number of anilines is 1. The van der Waals surface area contributed by atoms with Gasteiger partial charge in [0.25, 0.3) is 11.6 Å². The highest BCUT2D eigenvalue weighted by atomic mass is 79.9. The first-order valence-electron chi connectivity index (χ1n) is 11.3. The van der Waals surface area contributed by atoms with Crippen LogP contribution in [0.25, 0.3) is 16.8 Å². The number of rotatable bonds is 7. The van der Waals surface area contributed by atoms with Crippen LogP contribution < -0.4 is 14.8 Å². The zero-order chi connectivity index (χ0) is 29.0. The van der Waals surface area contributed by atoms with Crippen molar-refractivity contribution in [1.82, 2.24) is 0 Å². The molecule has 0 saturated carbocycles. The van der Waals surface area contributed by atoms with Crippen LogP contribution in [-0.4, -0.2) is 23.9 Å². The van der Waals surface area contributed by atoms with E-state index in [1.54, 1.807) is 18.2 Å². The minimum atomic E-state index is -0.860. The number of nitrogens with zero attached hydrogens (tertiary/aromatic N) is 2. The van der Waals surface area contributed by atoms with Gasteiger partial charge in [-0.2, -0.15) is 5.26 Å². The van der Waals surface area contributed by atoms with Crippen LogP contribution in [0.3, 0.4) is 0 Å². The second-order valence-corrected chi connectivity index (χ2v) is 9.78.